The van der Waals surface area contributed by atoms with E-state index in [1.54, 1.807) is 30.3 Å². The fraction of sp³-hybridized carbons (Fsp3) is 0.379. The largest absolute Gasteiger partial charge is 0.495 e. The minimum absolute atomic E-state index is 0.0404. The van der Waals surface area contributed by atoms with Gasteiger partial charge in [0.2, 0.25) is 0 Å². The van der Waals surface area contributed by atoms with E-state index in [1.165, 1.54) is 19.2 Å². The number of alkyl halides is 4. The van der Waals surface area contributed by atoms with Crippen LogP contribution in [0.25, 0.3) is 10.9 Å². The highest BCUT2D eigenvalue weighted by molar-refractivity contribution is 5.97. The summed E-state index contributed by atoms with van der Waals surface area (Å²) in [7, 11) is 3.23. The summed E-state index contributed by atoms with van der Waals surface area (Å²) >= 11 is 0. The van der Waals surface area contributed by atoms with Crippen LogP contribution in [0.5, 0.6) is 5.75 Å². The lowest BCUT2D eigenvalue weighted by atomic mass is 10.0. The number of likely N-dealkylation sites (tertiary alicyclic amines) is 1. The van der Waals surface area contributed by atoms with Crippen LogP contribution in [0.3, 0.4) is 0 Å². The molecule has 1 amide bonds. The average Bonchev–Trinajstić information content (AvgIpc) is 3.27. The smallest absolute Gasteiger partial charge is 0.406 e. The Kier molecular flexibility index (Phi) is 9.47. The maximum Gasteiger partial charge on any atom is 0.406 e. The van der Waals surface area contributed by atoms with Gasteiger partial charge < -0.3 is 35.3 Å². The molecule has 3 aromatic rings. The lowest BCUT2D eigenvalue weighted by Gasteiger charge is -2.33. The molecule has 9 nitrogen and oxygen atoms in total. The van der Waals surface area contributed by atoms with E-state index in [2.05, 4.69) is 27.8 Å². The SMILES string of the molecule is COc1cc(C(=O)NCC(=O)O)ccc1NCC#Cc1cc2c(N[C@@H]3CCN(C)C[C@@H]3F)cccc2n1CC(F)(F)F. The number of anilines is 2. The van der Waals surface area contributed by atoms with Gasteiger partial charge in [-0.15, -0.1) is 0 Å². The van der Waals surface area contributed by atoms with E-state index in [1.807, 2.05) is 11.9 Å². The molecule has 1 saturated heterocycles. The van der Waals surface area contributed by atoms with Crippen molar-refractivity contribution in [1.82, 2.24) is 14.8 Å². The van der Waals surface area contributed by atoms with Crippen molar-refractivity contribution in [3.05, 3.63) is 53.7 Å². The predicted octanol–water partition coefficient (Wildman–Crippen LogP) is 3.94. The maximum absolute atomic E-state index is 14.7. The molecule has 2 heterocycles. The first-order valence-corrected chi connectivity index (χ1v) is 13.1. The molecule has 0 unspecified atom stereocenters. The zero-order valence-corrected chi connectivity index (χ0v) is 23.0. The number of hydrogen-bond donors (Lipinski definition) is 4. The molecular formula is C29H31F4N5O4. The Bertz CT molecular complexity index is 1510. The number of aliphatic carboxylic acids is 1. The predicted molar refractivity (Wildman–Crippen MR) is 151 cm³/mol. The molecule has 42 heavy (non-hydrogen) atoms. The van der Waals surface area contributed by atoms with Gasteiger partial charge in [0.25, 0.3) is 5.91 Å². The number of fused-ring (bicyclic) bond motifs is 1. The molecule has 2 atom stereocenters. The number of rotatable bonds is 9. The number of nitrogens with one attached hydrogen (secondary N) is 3. The van der Waals surface area contributed by atoms with E-state index in [9.17, 15) is 27.2 Å². The van der Waals surface area contributed by atoms with Crippen LogP contribution in [0.15, 0.2) is 42.5 Å². The van der Waals surface area contributed by atoms with Crippen molar-refractivity contribution in [2.75, 3.05) is 51.0 Å². The zero-order valence-electron chi connectivity index (χ0n) is 23.0. The molecule has 0 radical (unpaired) electrons. The molecule has 224 valence electrons. The number of halogens is 4. The molecule has 4 rings (SSSR count). The van der Waals surface area contributed by atoms with Gasteiger partial charge in [-0.25, -0.2) is 4.39 Å². The summed E-state index contributed by atoms with van der Waals surface area (Å²) < 4.78 is 61.7. The Morgan fingerprint density at radius 1 is 1.17 bits per heavy atom. The van der Waals surface area contributed by atoms with Gasteiger partial charge >= 0.3 is 12.1 Å². The number of hydrogen-bond acceptors (Lipinski definition) is 6. The summed E-state index contributed by atoms with van der Waals surface area (Å²) in [6.07, 6.45) is -5.05. The van der Waals surface area contributed by atoms with Gasteiger partial charge in [0, 0.05) is 29.7 Å². The second-order valence-electron chi connectivity index (χ2n) is 9.93. The second kappa shape index (κ2) is 13.0. The van der Waals surface area contributed by atoms with E-state index in [-0.39, 0.29) is 24.3 Å². The van der Waals surface area contributed by atoms with Crippen LogP contribution in [0.1, 0.15) is 22.5 Å². The number of carboxylic acids is 1. The lowest BCUT2D eigenvalue weighted by Crippen LogP contribution is -2.46. The minimum atomic E-state index is -4.49. The fourth-order valence-electron chi connectivity index (χ4n) is 4.79. The third-order valence-corrected chi connectivity index (χ3v) is 6.82. The third-order valence-electron chi connectivity index (χ3n) is 6.82. The Labute approximate surface area is 239 Å². The molecule has 2 aromatic carbocycles. The lowest BCUT2D eigenvalue weighted by molar-refractivity contribution is -0.140. The van der Waals surface area contributed by atoms with Crippen molar-refractivity contribution in [2.45, 2.75) is 31.4 Å². The van der Waals surface area contributed by atoms with Gasteiger partial charge in [-0.1, -0.05) is 12.0 Å². The number of aromatic nitrogens is 1. The molecule has 1 aliphatic heterocycles. The molecule has 4 N–H and O–H groups in total. The summed E-state index contributed by atoms with van der Waals surface area (Å²) in [5, 5.41) is 17.7. The van der Waals surface area contributed by atoms with Gasteiger partial charge in [-0.3, -0.25) is 9.59 Å². The molecule has 0 bridgehead atoms. The van der Waals surface area contributed by atoms with Gasteiger partial charge in [0.05, 0.1) is 36.6 Å². The van der Waals surface area contributed by atoms with E-state index in [0.717, 1.165) is 4.57 Å². The first-order valence-electron chi connectivity index (χ1n) is 13.1. The molecule has 0 aliphatic carbocycles. The molecule has 1 aliphatic rings. The van der Waals surface area contributed by atoms with Gasteiger partial charge in [-0.2, -0.15) is 13.2 Å². The molecule has 1 aromatic heterocycles. The highest BCUT2D eigenvalue weighted by atomic mass is 19.4. The van der Waals surface area contributed by atoms with Crippen molar-refractivity contribution in [1.29, 1.82) is 0 Å². The monoisotopic (exact) mass is 589 g/mol. The van der Waals surface area contributed by atoms with E-state index >= 15 is 0 Å². The highest BCUT2D eigenvalue weighted by Crippen LogP contribution is 2.32. The summed E-state index contributed by atoms with van der Waals surface area (Å²) in [4.78, 5) is 24.7. The molecule has 1 fully saturated rings. The minimum Gasteiger partial charge on any atom is -0.495 e. The van der Waals surface area contributed by atoms with E-state index < -0.39 is 43.4 Å². The molecular weight excluding hydrogens is 558 g/mol. The zero-order chi connectivity index (χ0) is 30.4. The number of ether oxygens (including phenoxy) is 1. The fourth-order valence-corrected chi connectivity index (χ4v) is 4.79. The van der Waals surface area contributed by atoms with Crippen molar-refractivity contribution < 1.29 is 37.0 Å². The summed E-state index contributed by atoms with van der Waals surface area (Å²) in [5.41, 5.74) is 1.68. The average molecular weight is 590 g/mol. The van der Waals surface area contributed by atoms with Crippen molar-refractivity contribution in [3.63, 3.8) is 0 Å². The highest BCUT2D eigenvalue weighted by Gasteiger charge is 2.31. The first kappa shape index (κ1) is 30.5. The third kappa shape index (κ3) is 7.64. The number of carbonyl (C=O) groups is 2. The van der Waals surface area contributed by atoms with Crippen LogP contribution in [-0.2, 0) is 11.3 Å². The quantitative estimate of drug-likeness (QED) is 0.221. The molecule has 0 saturated carbocycles. The normalized spacial score (nSPS) is 17.3. The number of nitrogens with zero attached hydrogens (tertiary/aromatic N) is 2. The number of carboxylic acid groups (broad SMARTS) is 1. The maximum atomic E-state index is 14.7. The van der Waals surface area contributed by atoms with Crippen LogP contribution in [0.4, 0.5) is 28.9 Å². The van der Waals surface area contributed by atoms with E-state index in [4.69, 9.17) is 9.84 Å². The summed E-state index contributed by atoms with van der Waals surface area (Å²) in [5.74, 6) is 4.17. The van der Waals surface area contributed by atoms with Gasteiger partial charge in [0.15, 0.2) is 0 Å². The van der Waals surface area contributed by atoms with Crippen molar-refractivity contribution in [3.8, 4) is 17.6 Å². The van der Waals surface area contributed by atoms with E-state index in [0.29, 0.717) is 41.0 Å². The second-order valence-corrected chi connectivity index (χ2v) is 9.93. The van der Waals surface area contributed by atoms with Crippen LogP contribution in [0, 0.1) is 11.8 Å². The number of benzene rings is 2. The number of amides is 1. The summed E-state index contributed by atoms with van der Waals surface area (Å²) in [6, 6.07) is 10.5. The van der Waals surface area contributed by atoms with Crippen LogP contribution in [-0.4, -0.2) is 85.2 Å². The number of methoxy groups -OCH3 is 1. The Balaban J connectivity index is 1.55. The molecule has 13 heteroatoms. The Morgan fingerprint density at radius 2 is 1.95 bits per heavy atom. The van der Waals surface area contributed by atoms with Crippen LogP contribution < -0.4 is 20.7 Å². The topological polar surface area (TPSA) is 108 Å². The first-order chi connectivity index (χ1) is 19.9. The Morgan fingerprint density at radius 3 is 2.64 bits per heavy atom. The number of piperidine rings is 1. The molecule has 0 spiro atoms. The standard InChI is InChI=1S/C29H31F4N5O4/c1-37-12-10-23(21(30)16-37)36-22-6-3-7-25-20(22)14-19(38(25)17-29(31,32)33)5-4-11-34-24-9-8-18(13-26(24)42-2)28(41)35-15-27(39)40/h3,6-9,13-14,21,23,34,36H,10-12,15-17H2,1-2H3,(H,35,41)(H,39,40)/t21-,23+/m0/s1. The van der Waals surface area contributed by atoms with Crippen molar-refractivity contribution in [2.24, 2.45) is 0 Å². The summed E-state index contributed by atoms with van der Waals surface area (Å²) in [6.45, 7) is -0.751. The van der Waals surface area contributed by atoms with Gasteiger partial charge in [-0.05, 0) is 55.8 Å². The van der Waals surface area contributed by atoms with Crippen molar-refractivity contribution >= 4 is 34.2 Å². The number of carbonyl (C=O) groups excluding carboxylic acids is 1. The Hall–Kier alpha value is -4.44. The van der Waals surface area contributed by atoms with Gasteiger partial charge in [0.1, 0.15) is 25.0 Å². The van der Waals surface area contributed by atoms with Crippen LogP contribution >= 0.6 is 0 Å². The van der Waals surface area contributed by atoms with Crippen LogP contribution in [0.2, 0.25) is 0 Å².